The Labute approximate surface area is 165 Å². The number of aryl methyl sites for hydroxylation is 2. The fourth-order valence-corrected chi connectivity index (χ4v) is 3.80. The van der Waals surface area contributed by atoms with E-state index in [1.165, 1.54) is 16.8 Å². The monoisotopic (exact) mass is 379 g/mol. The van der Waals surface area contributed by atoms with E-state index >= 15 is 0 Å². The minimum absolute atomic E-state index is 0.735. The standard InChI is InChI=1S/C21H25N5S/c1-17-8-9-18(2)20(14-17)25-15-22-26(21(25)27)16-23-10-12-24(13-11-23)19-6-4-3-5-7-19/h3-9,14-15H,10-13,16H2,1-2H3. The molecule has 27 heavy (non-hydrogen) atoms. The van der Waals surface area contributed by atoms with Gasteiger partial charge in [0, 0.05) is 31.9 Å². The number of rotatable bonds is 4. The first-order valence-corrected chi connectivity index (χ1v) is 9.77. The molecule has 0 saturated carbocycles. The maximum atomic E-state index is 5.70. The number of benzene rings is 2. The molecule has 140 valence electrons. The third-order valence-corrected chi connectivity index (χ3v) is 5.59. The molecular weight excluding hydrogens is 354 g/mol. The number of piperazine rings is 1. The van der Waals surface area contributed by atoms with Crippen molar-refractivity contribution in [3.05, 3.63) is 70.8 Å². The van der Waals surface area contributed by atoms with Crippen LogP contribution in [0.25, 0.3) is 5.69 Å². The van der Waals surface area contributed by atoms with E-state index in [1.807, 2.05) is 15.6 Å². The summed E-state index contributed by atoms with van der Waals surface area (Å²) in [5.41, 5.74) is 4.84. The fourth-order valence-electron chi connectivity index (χ4n) is 3.55. The molecule has 3 aromatic rings. The van der Waals surface area contributed by atoms with Gasteiger partial charge in [0.15, 0.2) is 0 Å². The molecule has 0 unspecified atom stereocenters. The molecule has 1 aromatic heterocycles. The first-order valence-electron chi connectivity index (χ1n) is 9.36. The second-order valence-corrected chi connectivity index (χ2v) is 7.52. The summed E-state index contributed by atoms with van der Waals surface area (Å²) in [6.07, 6.45) is 1.84. The molecule has 1 aliphatic heterocycles. The number of hydrogen-bond acceptors (Lipinski definition) is 4. The van der Waals surface area contributed by atoms with Gasteiger partial charge in [-0.3, -0.25) is 9.47 Å². The van der Waals surface area contributed by atoms with Crippen molar-refractivity contribution in [2.75, 3.05) is 31.1 Å². The van der Waals surface area contributed by atoms with Crippen LogP contribution in [0.5, 0.6) is 0 Å². The van der Waals surface area contributed by atoms with Crippen LogP contribution in [0.1, 0.15) is 11.1 Å². The second kappa shape index (κ2) is 7.66. The number of aromatic nitrogens is 3. The van der Waals surface area contributed by atoms with Crippen molar-refractivity contribution in [1.82, 2.24) is 19.2 Å². The first kappa shape index (κ1) is 17.9. The van der Waals surface area contributed by atoms with Crippen LogP contribution < -0.4 is 4.90 Å². The van der Waals surface area contributed by atoms with Crippen LogP contribution in [-0.2, 0) is 6.67 Å². The predicted octanol–water partition coefficient (Wildman–Crippen LogP) is 3.80. The lowest BCUT2D eigenvalue weighted by Crippen LogP contribution is -2.46. The van der Waals surface area contributed by atoms with Gasteiger partial charge in [0.25, 0.3) is 0 Å². The van der Waals surface area contributed by atoms with Crippen LogP contribution in [0, 0.1) is 18.6 Å². The number of para-hydroxylation sites is 1. The Morgan fingerprint density at radius 2 is 1.70 bits per heavy atom. The van der Waals surface area contributed by atoms with E-state index in [0.717, 1.165) is 43.3 Å². The van der Waals surface area contributed by atoms with Gasteiger partial charge in [-0.15, -0.1) is 0 Å². The molecule has 0 bridgehead atoms. The van der Waals surface area contributed by atoms with Gasteiger partial charge in [0.1, 0.15) is 6.33 Å². The van der Waals surface area contributed by atoms with Crippen molar-refractivity contribution in [2.24, 2.45) is 0 Å². The van der Waals surface area contributed by atoms with Gasteiger partial charge in [0.05, 0.1) is 12.4 Å². The maximum Gasteiger partial charge on any atom is 0.203 e. The minimum atomic E-state index is 0.735. The molecule has 0 spiro atoms. The molecule has 0 amide bonds. The van der Waals surface area contributed by atoms with Crippen LogP contribution in [0.2, 0.25) is 0 Å². The Bertz CT molecular complexity index is 968. The van der Waals surface area contributed by atoms with Gasteiger partial charge in [-0.05, 0) is 55.4 Å². The molecule has 0 N–H and O–H groups in total. The molecule has 2 heterocycles. The smallest absolute Gasteiger partial charge is 0.203 e. The molecule has 0 atom stereocenters. The zero-order valence-electron chi connectivity index (χ0n) is 15.9. The second-order valence-electron chi connectivity index (χ2n) is 7.16. The largest absolute Gasteiger partial charge is 0.369 e. The van der Waals surface area contributed by atoms with E-state index in [1.54, 1.807) is 0 Å². The molecule has 0 radical (unpaired) electrons. The quantitative estimate of drug-likeness (QED) is 0.645. The Balaban J connectivity index is 1.45. The summed E-state index contributed by atoms with van der Waals surface area (Å²) in [6, 6.07) is 17.0. The Morgan fingerprint density at radius 3 is 2.44 bits per heavy atom. The number of nitrogens with zero attached hydrogens (tertiary/aromatic N) is 5. The topological polar surface area (TPSA) is 29.2 Å². The average Bonchev–Trinajstić information content (AvgIpc) is 3.05. The summed E-state index contributed by atoms with van der Waals surface area (Å²) >= 11 is 5.70. The Morgan fingerprint density at radius 1 is 0.963 bits per heavy atom. The Kier molecular flexibility index (Phi) is 5.09. The molecule has 1 aliphatic rings. The van der Waals surface area contributed by atoms with Gasteiger partial charge in [-0.25, -0.2) is 4.68 Å². The molecular formula is C21H25N5S. The third-order valence-electron chi connectivity index (χ3n) is 5.19. The molecule has 4 rings (SSSR count). The third kappa shape index (κ3) is 3.82. The summed E-state index contributed by atoms with van der Waals surface area (Å²) in [4.78, 5) is 4.85. The van der Waals surface area contributed by atoms with Crippen LogP contribution >= 0.6 is 12.2 Å². The van der Waals surface area contributed by atoms with E-state index in [2.05, 4.69) is 77.3 Å². The van der Waals surface area contributed by atoms with Crippen molar-refractivity contribution < 1.29 is 0 Å². The summed E-state index contributed by atoms with van der Waals surface area (Å²) in [5, 5.41) is 4.55. The SMILES string of the molecule is Cc1ccc(C)c(-n2cnn(CN3CCN(c4ccccc4)CC3)c2=S)c1. The zero-order valence-corrected chi connectivity index (χ0v) is 16.7. The summed E-state index contributed by atoms with van der Waals surface area (Å²) < 4.78 is 4.68. The molecule has 6 heteroatoms. The molecule has 5 nitrogen and oxygen atoms in total. The lowest BCUT2D eigenvalue weighted by Gasteiger charge is -2.35. The van der Waals surface area contributed by atoms with Gasteiger partial charge in [-0.2, -0.15) is 5.10 Å². The summed E-state index contributed by atoms with van der Waals surface area (Å²) in [6.45, 7) is 9.00. The molecule has 1 fully saturated rings. The lowest BCUT2D eigenvalue weighted by atomic mass is 10.1. The highest BCUT2D eigenvalue weighted by Gasteiger charge is 2.18. The van der Waals surface area contributed by atoms with Gasteiger partial charge < -0.3 is 4.90 Å². The molecule has 2 aromatic carbocycles. The van der Waals surface area contributed by atoms with Crippen LogP contribution in [0.4, 0.5) is 5.69 Å². The van der Waals surface area contributed by atoms with Crippen molar-refractivity contribution in [1.29, 1.82) is 0 Å². The fraction of sp³-hybridized carbons (Fsp3) is 0.333. The van der Waals surface area contributed by atoms with E-state index in [9.17, 15) is 0 Å². The normalized spacial score (nSPS) is 15.3. The zero-order chi connectivity index (χ0) is 18.8. The van der Waals surface area contributed by atoms with Crippen LogP contribution in [-0.4, -0.2) is 45.4 Å². The molecule has 0 aliphatic carbocycles. The summed E-state index contributed by atoms with van der Waals surface area (Å²) in [7, 11) is 0. The average molecular weight is 380 g/mol. The first-order chi connectivity index (χ1) is 13.1. The highest BCUT2D eigenvalue weighted by Crippen LogP contribution is 2.18. The van der Waals surface area contributed by atoms with Crippen molar-refractivity contribution in [2.45, 2.75) is 20.5 Å². The van der Waals surface area contributed by atoms with Crippen molar-refractivity contribution in [3.63, 3.8) is 0 Å². The van der Waals surface area contributed by atoms with Gasteiger partial charge in [-0.1, -0.05) is 30.3 Å². The van der Waals surface area contributed by atoms with Crippen LogP contribution in [0.15, 0.2) is 54.9 Å². The van der Waals surface area contributed by atoms with E-state index < -0.39 is 0 Å². The van der Waals surface area contributed by atoms with Crippen molar-refractivity contribution in [3.8, 4) is 5.69 Å². The highest BCUT2D eigenvalue weighted by atomic mass is 32.1. The number of hydrogen-bond donors (Lipinski definition) is 0. The predicted molar refractivity (Wildman–Crippen MR) is 112 cm³/mol. The molecule has 1 saturated heterocycles. The van der Waals surface area contributed by atoms with Crippen molar-refractivity contribution >= 4 is 17.9 Å². The van der Waals surface area contributed by atoms with Crippen LogP contribution in [0.3, 0.4) is 0 Å². The van der Waals surface area contributed by atoms with E-state index in [-0.39, 0.29) is 0 Å². The van der Waals surface area contributed by atoms with Gasteiger partial charge in [0.2, 0.25) is 4.77 Å². The highest BCUT2D eigenvalue weighted by molar-refractivity contribution is 7.71. The number of anilines is 1. The Hall–Kier alpha value is -2.44. The van der Waals surface area contributed by atoms with E-state index in [0.29, 0.717) is 0 Å². The van der Waals surface area contributed by atoms with E-state index in [4.69, 9.17) is 12.2 Å². The van der Waals surface area contributed by atoms with Gasteiger partial charge >= 0.3 is 0 Å². The minimum Gasteiger partial charge on any atom is -0.369 e. The lowest BCUT2D eigenvalue weighted by molar-refractivity contribution is 0.194. The maximum absolute atomic E-state index is 5.70. The summed E-state index contributed by atoms with van der Waals surface area (Å²) in [5.74, 6) is 0.